The SMILES string of the molecule is CCCN(C(=O)c1ccc(Cl)o1)c1ccccc1N. The Hall–Kier alpha value is -1.94. The van der Waals surface area contributed by atoms with Crippen molar-refractivity contribution in [2.45, 2.75) is 13.3 Å². The molecule has 1 aromatic heterocycles. The molecular formula is C14H15ClN2O2. The Bertz CT molecular complexity index is 580. The van der Waals surface area contributed by atoms with E-state index in [2.05, 4.69) is 0 Å². The number of nitrogens with two attached hydrogens (primary N) is 1. The number of benzene rings is 1. The second-order valence-electron chi connectivity index (χ2n) is 4.12. The monoisotopic (exact) mass is 278 g/mol. The van der Waals surface area contributed by atoms with E-state index in [0.29, 0.717) is 17.9 Å². The van der Waals surface area contributed by atoms with Crippen LogP contribution in [0.5, 0.6) is 0 Å². The van der Waals surface area contributed by atoms with Crippen molar-refractivity contribution in [1.82, 2.24) is 0 Å². The third kappa shape index (κ3) is 2.90. The van der Waals surface area contributed by atoms with Crippen molar-refractivity contribution in [3.8, 4) is 0 Å². The Morgan fingerprint density at radius 3 is 2.63 bits per heavy atom. The Kier molecular flexibility index (Phi) is 4.12. The molecular weight excluding hydrogens is 264 g/mol. The average molecular weight is 279 g/mol. The number of hydrogen-bond donors (Lipinski definition) is 1. The molecule has 100 valence electrons. The number of halogens is 1. The minimum Gasteiger partial charge on any atom is -0.440 e. The van der Waals surface area contributed by atoms with E-state index in [4.69, 9.17) is 21.8 Å². The van der Waals surface area contributed by atoms with Gasteiger partial charge in [-0.15, -0.1) is 0 Å². The summed E-state index contributed by atoms with van der Waals surface area (Å²) >= 11 is 5.70. The number of nitrogen functional groups attached to an aromatic ring is 1. The third-order valence-electron chi connectivity index (χ3n) is 2.70. The zero-order valence-electron chi connectivity index (χ0n) is 10.6. The number of nitrogens with zero attached hydrogens (tertiary/aromatic N) is 1. The Morgan fingerprint density at radius 2 is 2.05 bits per heavy atom. The summed E-state index contributed by atoms with van der Waals surface area (Å²) in [6.07, 6.45) is 0.814. The van der Waals surface area contributed by atoms with Gasteiger partial charge in [0.25, 0.3) is 5.91 Å². The average Bonchev–Trinajstić information content (AvgIpc) is 2.83. The maximum Gasteiger partial charge on any atom is 0.294 e. The second-order valence-corrected chi connectivity index (χ2v) is 4.49. The Balaban J connectivity index is 2.35. The summed E-state index contributed by atoms with van der Waals surface area (Å²) in [7, 11) is 0. The van der Waals surface area contributed by atoms with Crippen LogP contribution in [0.1, 0.15) is 23.9 Å². The van der Waals surface area contributed by atoms with Crippen molar-refractivity contribution in [2.75, 3.05) is 17.2 Å². The van der Waals surface area contributed by atoms with Crippen LogP contribution < -0.4 is 10.6 Å². The highest BCUT2D eigenvalue weighted by molar-refractivity contribution is 6.29. The fourth-order valence-electron chi connectivity index (χ4n) is 1.85. The largest absolute Gasteiger partial charge is 0.440 e. The van der Waals surface area contributed by atoms with Gasteiger partial charge in [0.1, 0.15) is 0 Å². The summed E-state index contributed by atoms with van der Waals surface area (Å²) < 4.78 is 5.17. The fourth-order valence-corrected chi connectivity index (χ4v) is 2.00. The molecule has 0 atom stereocenters. The van der Waals surface area contributed by atoms with E-state index in [0.717, 1.165) is 6.42 Å². The van der Waals surface area contributed by atoms with Gasteiger partial charge in [0.05, 0.1) is 11.4 Å². The lowest BCUT2D eigenvalue weighted by molar-refractivity contribution is 0.0960. The summed E-state index contributed by atoms with van der Waals surface area (Å²) in [6, 6.07) is 10.4. The minimum atomic E-state index is -0.244. The van der Waals surface area contributed by atoms with Gasteiger partial charge < -0.3 is 15.1 Å². The Labute approximate surface area is 116 Å². The molecule has 19 heavy (non-hydrogen) atoms. The van der Waals surface area contributed by atoms with Crippen molar-refractivity contribution < 1.29 is 9.21 Å². The zero-order chi connectivity index (χ0) is 13.8. The molecule has 0 aliphatic carbocycles. The van der Waals surface area contributed by atoms with Crippen molar-refractivity contribution in [1.29, 1.82) is 0 Å². The lowest BCUT2D eigenvalue weighted by Crippen LogP contribution is -2.32. The van der Waals surface area contributed by atoms with E-state index in [1.807, 2.05) is 25.1 Å². The number of amides is 1. The van der Waals surface area contributed by atoms with Gasteiger partial charge in [-0.25, -0.2) is 0 Å². The number of rotatable bonds is 4. The summed E-state index contributed by atoms with van der Waals surface area (Å²) in [4.78, 5) is 14.0. The number of para-hydroxylation sites is 2. The number of hydrogen-bond acceptors (Lipinski definition) is 3. The van der Waals surface area contributed by atoms with E-state index in [1.165, 1.54) is 0 Å². The van der Waals surface area contributed by atoms with Crippen LogP contribution in [0.3, 0.4) is 0 Å². The van der Waals surface area contributed by atoms with Crippen molar-refractivity contribution in [2.24, 2.45) is 0 Å². The standard InChI is InChI=1S/C14H15ClN2O2/c1-2-9-17(11-6-4-3-5-10(11)16)14(18)12-7-8-13(15)19-12/h3-8H,2,9,16H2,1H3. The van der Waals surface area contributed by atoms with E-state index >= 15 is 0 Å². The lowest BCUT2D eigenvalue weighted by Gasteiger charge is -2.22. The van der Waals surface area contributed by atoms with Crippen LogP contribution in [-0.2, 0) is 0 Å². The molecule has 0 saturated carbocycles. The third-order valence-corrected chi connectivity index (χ3v) is 2.91. The smallest absolute Gasteiger partial charge is 0.294 e. The molecule has 0 aliphatic rings. The highest BCUT2D eigenvalue weighted by Gasteiger charge is 2.21. The second kappa shape index (κ2) is 5.80. The summed E-state index contributed by atoms with van der Waals surface area (Å²) in [5.74, 6) is -0.0339. The molecule has 4 nitrogen and oxygen atoms in total. The van der Waals surface area contributed by atoms with Gasteiger partial charge in [-0.05, 0) is 42.3 Å². The first-order valence-electron chi connectivity index (χ1n) is 6.05. The topological polar surface area (TPSA) is 59.5 Å². The quantitative estimate of drug-likeness (QED) is 0.870. The van der Waals surface area contributed by atoms with Crippen molar-refractivity contribution >= 4 is 28.9 Å². The molecule has 0 aliphatic heterocycles. The zero-order valence-corrected chi connectivity index (χ0v) is 11.4. The van der Waals surface area contributed by atoms with Crippen molar-refractivity contribution in [3.05, 3.63) is 47.4 Å². The number of anilines is 2. The van der Waals surface area contributed by atoms with E-state index < -0.39 is 0 Å². The van der Waals surface area contributed by atoms with Gasteiger partial charge in [-0.3, -0.25) is 4.79 Å². The molecule has 1 amide bonds. The van der Waals surface area contributed by atoms with Crippen molar-refractivity contribution in [3.63, 3.8) is 0 Å². The van der Waals surface area contributed by atoms with Crippen LogP contribution in [0.2, 0.25) is 5.22 Å². The van der Waals surface area contributed by atoms with Crippen LogP contribution in [-0.4, -0.2) is 12.5 Å². The molecule has 0 saturated heterocycles. The van der Waals surface area contributed by atoms with Gasteiger partial charge >= 0.3 is 0 Å². The molecule has 0 spiro atoms. The molecule has 2 aromatic rings. The van der Waals surface area contributed by atoms with Crippen LogP contribution in [0, 0.1) is 0 Å². The van der Waals surface area contributed by atoms with E-state index in [-0.39, 0.29) is 16.9 Å². The predicted octanol–water partition coefficient (Wildman–Crippen LogP) is 3.57. The van der Waals surface area contributed by atoms with E-state index in [1.54, 1.807) is 23.1 Å². The first kappa shape index (κ1) is 13.5. The first-order valence-corrected chi connectivity index (χ1v) is 6.43. The maximum absolute atomic E-state index is 12.4. The molecule has 0 fully saturated rings. The summed E-state index contributed by atoms with van der Waals surface area (Å²) in [5, 5.41) is 0.195. The van der Waals surface area contributed by atoms with Crippen LogP contribution in [0.25, 0.3) is 0 Å². The molecule has 0 unspecified atom stereocenters. The minimum absolute atomic E-state index is 0.195. The van der Waals surface area contributed by atoms with Crippen LogP contribution in [0.15, 0.2) is 40.8 Å². The van der Waals surface area contributed by atoms with E-state index in [9.17, 15) is 4.79 Å². The summed E-state index contributed by atoms with van der Waals surface area (Å²) in [6.45, 7) is 2.56. The van der Waals surface area contributed by atoms with Crippen LogP contribution >= 0.6 is 11.6 Å². The molecule has 0 radical (unpaired) electrons. The number of carbonyl (C=O) groups is 1. The molecule has 1 aromatic carbocycles. The lowest BCUT2D eigenvalue weighted by atomic mass is 10.2. The number of furan rings is 1. The highest BCUT2D eigenvalue weighted by Crippen LogP contribution is 2.25. The molecule has 1 heterocycles. The molecule has 5 heteroatoms. The highest BCUT2D eigenvalue weighted by atomic mass is 35.5. The normalized spacial score (nSPS) is 10.4. The van der Waals surface area contributed by atoms with Gasteiger partial charge in [0.15, 0.2) is 11.0 Å². The number of carbonyl (C=O) groups excluding carboxylic acids is 1. The maximum atomic E-state index is 12.4. The van der Waals surface area contributed by atoms with Gasteiger partial charge in [-0.2, -0.15) is 0 Å². The van der Waals surface area contributed by atoms with Gasteiger partial charge in [-0.1, -0.05) is 19.1 Å². The fraction of sp³-hybridized carbons (Fsp3) is 0.214. The van der Waals surface area contributed by atoms with Gasteiger partial charge in [0.2, 0.25) is 0 Å². The Morgan fingerprint density at radius 1 is 1.32 bits per heavy atom. The molecule has 2 N–H and O–H groups in total. The van der Waals surface area contributed by atoms with Crippen LogP contribution in [0.4, 0.5) is 11.4 Å². The first-order chi connectivity index (χ1) is 9.13. The predicted molar refractivity (Wildman–Crippen MR) is 76.5 cm³/mol. The van der Waals surface area contributed by atoms with Gasteiger partial charge in [0, 0.05) is 6.54 Å². The molecule has 0 bridgehead atoms. The summed E-state index contributed by atoms with van der Waals surface area (Å²) in [5.41, 5.74) is 7.16. The molecule has 2 rings (SSSR count).